The molecule has 0 spiro atoms. The molecule has 0 saturated carbocycles. The van der Waals surface area contributed by atoms with Crippen LogP contribution in [0.4, 0.5) is 0 Å². The molecule has 0 atom stereocenters. The first-order chi connectivity index (χ1) is 3.15. The Balaban J connectivity index is 0. The van der Waals surface area contributed by atoms with E-state index in [1.165, 1.54) is 5.57 Å². The molecule has 0 aliphatic rings. The molecular formula is C7H14. The van der Waals surface area contributed by atoms with Crippen LogP contribution in [0.15, 0.2) is 24.8 Å². The first kappa shape index (κ1) is 9.70. The van der Waals surface area contributed by atoms with Crippen LogP contribution >= 0.6 is 0 Å². The van der Waals surface area contributed by atoms with Gasteiger partial charge in [0.05, 0.1) is 0 Å². The average Bonchev–Trinajstić information content (AvgIpc) is 1.33. The zero-order valence-corrected chi connectivity index (χ0v) is 5.49. The second kappa shape index (κ2) is 9.08. The Kier molecular flexibility index (Phi) is 12.6. The lowest BCUT2D eigenvalue weighted by Gasteiger charge is -1.65. The Morgan fingerprint density at radius 2 is 1.43 bits per heavy atom. The van der Waals surface area contributed by atoms with Crippen LogP contribution in [0.5, 0.6) is 0 Å². The van der Waals surface area contributed by atoms with E-state index in [9.17, 15) is 0 Å². The molecule has 7 heavy (non-hydrogen) atoms. The van der Waals surface area contributed by atoms with E-state index in [0.29, 0.717) is 0 Å². The molecule has 0 N–H and O–H groups in total. The van der Waals surface area contributed by atoms with Crippen molar-refractivity contribution < 1.29 is 0 Å². The fraction of sp³-hybridized carbons (Fsp3) is 0.429. The van der Waals surface area contributed by atoms with Crippen molar-refractivity contribution >= 4 is 0 Å². The van der Waals surface area contributed by atoms with E-state index in [4.69, 9.17) is 0 Å². The molecule has 0 nitrogen and oxygen atoms in total. The summed E-state index contributed by atoms with van der Waals surface area (Å²) < 4.78 is 0. The molecule has 0 bridgehead atoms. The molecule has 0 unspecified atom stereocenters. The number of rotatable bonds is 0. The van der Waals surface area contributed by atoms with Gasteiger partial charge in [-0.05, 0) is 20.8 Å². The zero-order valence-electron chi connectivity index (χ0n) is 5.49. The Hall–Kier alpha value is -0.520. The monoisotopic (exact) mass is 98.1 g/mol. The van der Waals surface area contributed by atoms with Crippen LogP contribution in [0.3, 0.4) is 0 Å². The van der Waals surface area contributed by atoms with Crippen molar-refractivity contribution in [2.75, 3.05) is 0 Å². The Morgan fingerprint density at radius 1 is 1.43 bits per heavy atom. The highest BCUT2D eigenvalue weighted by molar-refractivity contribution is 4.78. The van der Waals surface area contributed by atoms with E-state index in [2.05, 4.69) is 13.2 Å². The molecule has 0 radical (unpaired) electrons. The van der Waals surface area contributed by atoms with Crippen molar-refractivity contribution in [3.63, 3.8) is 0 Å². The van der Waals surface area contributed by atoms with Gasteiger partial charge in [0.1, 0.15) is 0 Å². The normalized spacial score (nSPS) is 5.57. The van der Waals surface area contributed by atoms with Crippen molar-refractivity contribution in [3.05, 3.63) is 24.8 Å². The molecule has 0 amide bonds. The number of hydrogen-bond acceptors (Lipinski definition) is 0. The molecule has 0 aromatic carbocycles. The SMILES string of the molecule is C=C(C)C.C=CC. The summed E-state index contributed by atoms with van der Waals surface area (Å²) in [6.45, 7) is 12.8. The summed E-state index contributed by atoms with van der Waals surface area (Å²) in [6, 6.07) is 0. The van der Waals surface area contributed by atoms with Crippen LogP contribution in [0.2, 0.25) is 0 Å². The van der Waals surface area contributed by atoms with Crippen LogP contribution in [-0.2, 0) is 0 Å². The largest absolute Gasteiger partial charge is 0.103 e. The van der Waals surface area contributed by atoms with E-state index in [0.717, 1.165) is 0 Å². The molecule has 0 rings (SSSR count). The lowest BCUT2D eigenvalue weighted by atomic mass is 10.4. The zero-order chi connectivity index (χ0) is 6.28. The van der Waals surface area contributed by atoms with Crippen LogP contribution in [-0.4, -0.2) is 0 Å². The van der Waals surface area contributed by atoms with Gasteiger partial charge in [-0.2, -0.15) is 0 Å². The second-order valence-electron chi connectivity index (χ2n) is 1.62. The van der Waals surface area contributed by atoms with Crippen molar-refractivity contribution in [2.24, 2.45) is 0 Å². The third kappa shape index (κ3) is 245. The molecule has 0 aromatic rings. The fourth-order valence-corrected chi connectivity index (χ4v) is 0. The fourth-order valence-electron chi connectivity index (χ4n) is 0. The first-order valence-electron chi connectivity index (χ1n) is 2.34. The van der Waals surface area contributed by atoms with Gasteiger partial charge in [0, 0.05) is 0 Å². The maximum Gasteiger partial charge on any atom is -0.0445 e. The van der Waals surface area contributed by atoms with Crippen molar-refractivity contribution in [1.82, 2.24) is 0 Å². The van der Waals surface area contributed by atoms with Gasteiger partial charge in [-0.25, -0.2) is 0 Å². The van der Waals surface area contributed by atoms with Gasteiger partial charge in [-0.1, -0.05) is 11.6 Å². The number of hydrogen-bond donors (Lipinski definition) is 0. The summed E-state index contributed by atoms with van der Waals surface area (Å²) in [6.07, 6.45) is 1.75. The summed E-state index contributed by atoms with van der Waals surface area (Å²) >= 11 is 0. The minimum atomic E-state index is 1.17. The highest BCUT2D eigenvalue weighted by Crippen LogP contribution is 1.73. The van der Waals surface area contributed by atoms with Crippen molar-refractivity contribution in [1.29, 1.82) is 0 Å². The molecule has 0 heteroatoms. The van der Waals surface area contributed by atoms with Gasteiger partial charge in [-0.3, -0.25) is 0 Å². The summed E-state index contributed by atoms with van der Waals surface area (Å²) in [5, 5.41) is 0. The quantitative estimate of drug-likeness (QED) is 0.409. The molecule has 42 valence electrons. The van der Waals surface area contributed by atoms with Crippen LogP contribution in [0.25, 0.3) is 0 Å². The van der Waals surface area contributed by atoms with E-state index in [1.807, 2.05) is 20.8 Å². The molecule has 0 fully saturated rings. The predicted molar refractivity (Wildman–Crippen MR) is 36.4 cm³/mol. The first-order valence-corrected chi connectivity index (χ1v) is 2.34. The van der Waals surface area contributed by atoms with Crippen molar-refractivity contribution in [3.8, 4) is 0 Å². The molecule has 0 aliphatic heterocycles. The third-order valence-electron chi connectivity index (χ3n) is 0. The Labute approximate surface area is 46.6 Å². The highest BCUT2D eigenvalue weighted by Gasteiger charge is 1.51. The van der Waals surface area contributed by atoms with Gasteiger partial charge in [-0.15, -0.1) is 13.2 Å². The van der Waals surface area contributed by atoms with Gasteiger partial charge in [0.15, 0.2) is 0 Å². The minimum absolute atomic E-state index is 1.17. The maximum atomic E-state index is 3.56. The van der Waals surface area contributed by atoms with Gasteiger partial charge in [0.2, 0.25) is 0 Å². The minimum Gasteiger partial charge on any atom is -0.103 e. The summed E-state index contributed by atoms with van der Waals surface area (Å²) in [7, 11) is 0. The topological polar surface area (TPSA) is 0 Å². The summed E-state index contributed by atoms with van der Waals surface area (Å²) in [4.78, 5) is 0. The van der Waals surface area contributed by atoms with Gasteiger partial charge >= 0.3 is 0 Å². The van der Waals surface area contributed by atoms with E-state index >= 15 is 0 Å². The van der Waals surface area contributed by atoms with E-state index < -0.39 is 0 Å². The maximum absolute atomic E-state index is 3.56. The van der Waals surface area contributed by atoms with Crippen LogP contribution in [0, 0.1) is 0 Å². The smallest absolute Gasteiger partial charge is 0.0445 e. The Morgan fingerprint density at radius 3 is 1.43 bits per heavy atom. The van der Waals surface area contributed by atoms with Crippen LogP contribution < -0.4 is 0 Å². The molecule has 0 heterocycles. The predicted octanol–water partition coefficient (Wildman–Crippen LogP) is 2.77. The summed E-state index contributed by atoms with van der Waals surface area (Å²) in [5.41, 5.74) is 1.17. The van der Waals surface area contributed by atoms with E-state index in [-0.39, 0.29) is 0 Å². The average molecular weight is 98.2 g/mol. The van der Waals surface area contributed by atoms with Gasteiger partial charge in [0.25, 0.3) is 0 Å². The lowest BCUT2D eigenvalue weighted by molar-refractivity contribution is 1.42. The lowest BCUT2D eigenvalue weighted by Crippen LogP contribution is -1.43. The molecule has 0 aliphatic carbocycles. The Bertz CT molecular complexity index is 47.1. The standard InChI is InChI=1S/C4H8.C3H6/c1-4(2)3;1-3-2/h1H2,2-3H3;3H,1H2,2H3. The summed E-state index contributed by atoms with van der Waals surface area (Å²) in [5.74, 6) is 0. The van der Waals surface area contributed by atoms with Gasteiger partial charge < -0.3 is 0 Å². The highest BCUT2D eigenvalue weighted by atomic mass is 13.6. The second-order valence-corrected chi connectivity index (χ2v) is 1.62. The molecule has 0 saturated heterocycles. The van der Waals surface area contributed by atoms with E-state index in [1.54, 1.807) is 6.08 Å². The van der Waals surface area contributed by atoms with Crippen molar-refractivity contribution in [2.45, 2.75) is 20.8 Å². The third-order valence-corrected chi connectivity index (χ3v) is 0. The molecular weight excluding hydrogens is 84.1 g/mol. The molecule has 0 aromatic heterocycles. The number of allylic oxidation sites excluding steroid dienone is 2. The van der Waals surface area contributed by atoms with Crippen LogP contribution in [0.1, 0.15) is 20.8 Å².